The Morgan fingerprint density at radius 2 is 2.00 bits per heavy atom. The predicted molar refractivity (Wildman–Crippen MR) is 56.8 cm³/mol. The van der Waals surface area contributed by atoms with Gasteiger partial charge in [-0.15, -0.1) is 0 Å². The Kier molecular flexibility index (Phi) is 4.08. The van der Waals surface area contributed by atoms with Crippen LogP contribution in [0, 0.1) is 6.57 Å². The van der Waals surface area contributed by atoms with Crippen molar-refractivity contribution in [3.63, 3.8) is 0 Å². The van der Waals surface area contributed by atoms with E-state index in [1.165, 1.54) is 0 Å². The van der Waals surface area contributed by atoms with Gasteiger partial charge in [-0.05, 0) is 19.3 Å². The Morgan fingerprint density at radius 1 is 1.40 bits per heavy atom. The van der Waals surface area contributed by atoms with Crippen molar-refractivity contribution >= 4 is 10.1 Å². The van der Waals surface area contributed by atoms with Crippen LogP contribution in [0.15, 0.2) is 0 Å². The van der Waals surface area contributed by atoms with Crippen LogP contribution >= 0.6 is 0 Å². The summed E-state index contributed by atoms with van der Waals surface area (Å²) < 4.78 is 29.4. The van der Waals surface area contributed by atoms with Crippen LogP contribution in [0.25, 0.3) is 4.85 Å². The van der Waals surface area contributed by atoms with Crippen LogP contribution in [-0.4, -0.2) is 30.9 Å². The van der Waals surface area contributed by atoms with Gasteiger partial charge in [0.15, 0.2) is 0 Å². The number of nitrogens with one attached hydrogen (secondary N) is 1. The van der Waals surface area contributed by atoms with E-state index in [2.05, 4.69) is 10.2 Å². The van der Waals surface area contributed by atoms with Gasteiger partial charge in [0.25, 0.3) is 15.8 Å². The lowest BCUT2D eigenvalue weighted by molar-refractivity contribution is 0.406. The quantitative estimate of drug-likeness (QED) is 0.422. The van der Waals surface area contributed by atoms with Gasteiger partial charge in [-0.1, -0.05) is 0 Å². The van der Waals surface area contributed by atoms with Crippen LogP contribution in [0.1, 0.15) is 32.1 Å². The topological polar surface area (TPSA) is 70.8 Å². The highest BCUT2D eigenvalue weighted by Crippen LogP contribution is 2.30. The van der Waals surface area contributed by atoms with Gasteiger partial charge in [-0.25, -0.2) is 11.9 Å². The maximum Gasteiger partial charge on any atom is 0.286 e. The van der Waals surface area contributed by atoms with Crippen LogP contribution in [0.2, 0.25) is 0 Å². The molecule has 1 rings (SSSR count). The van der Waals surface area contributed by atoms with Crippen molar-refractivity contribution in [2.24, 2.45) is 0 Å². The average Bonchev–Trinajstić information content (AvgIpc) is 2.60. The SMILES string of the molecule is [C-]#[N+]C1(NCCCS(=O)(=O)O)CCCC1. The molecular weight excluding hydrogens is 216 g/mol. The molecule has 6 heteroatoms. The monoisotopic (exact) mass is 232 g/mol. The summed E-state index contributed by atoms with van der Waals surface area (Å²) in [5, 5.41) is 3.09. The van der Waals surface area contributed by atoms with Gasteiger partial charge in [-0.2, -0.15) is 8.42 Å². The minimum Gasteiger partial charge on any atom is -0.293 e. The Morgan fingerprint density at radius 3 is 2.47 bits per heavy atom. The third-order valence-corrected chi connectivity index (χ3v) is 3.48. The average molecular weight is 232 g/mol. The van der Waals surface area contributed by atoms with E-state index in [-0.39, 0.29) is 5.75 Å². The number of hydrogen-bond donors (Lipinski definition) is 2. The van der Waals surface area contributed by atoms with Crippen molar-refractivity contribution in [3.8, 4) is 0 Å². The summed E-state index contributed by atoms with van der Waals surface area (Å²) in [6.07, 6.45) is 4.11. The molecule has 86 valence electrons. The lowest BCUT2D eigenvalue weighted by atomic mass is 10.1. The fraction of sp³-hybridized carbons (Fsp3) is 0.889. The van der Waals surface area contributed by atoms with Crippen molar-refractivity contribution < 1.29 is 13.0 Å². The zero-order valence-corrected chi connectivity index (χ0v) is 9.39. The third kappa shape index (κ3) is 4.16. The summed E-state index contributed by atoms with van der Waals surface area (Å²) in [7, 11) is -3.86. The van der Waals surface area contributed by atoms with E-state index in [4.69, 9.17) is 11.1 Å². The Bertz CT molecular complexity index is 339. The second kappa shape index (κ2) is 4.92. The molecule has 0 saturated heterocycles. The van der Waals surface area contributed by atoms with Crippen LogP contribution in [0.5, 0.6) is 0 Å². The highest BCUT2D eigenvalue weighted by molar-refractivity contribution is 7.85. The first-order valence-corrected chi connectivity index (χ1v) is 6.67. The van der Waals surface area contributed by atoms with Crippen molar-refractivity contribution in [1.82, 2.24) is 5.32 Å². The molecule has 0 heterocycles. The highest BCUT2D eigenvalue weighted by Gasteiger charge is 2.39. The molecule has 0 amide bonds. The maximum atomic E-state index is 10.4. The molecule has 15 heavy (non-hydrogen) atoms. The van der Waals surface area contributed by atoms with Crippen molar-refractivity contribution in [2.45, 2.75) is 37.8 Å². The van der Waals surface area contributed by atoms with Gasteiger partial charge in [0.05, 0.1) is 5.75 Å². The van der Waals surface area contributed by atoms with Crippen LogP contribution in [-0.2, 0) is 10.1 Å². The predicted octanol–water partition coefficient (Wildman–Crippen LogP) is 1.04. The lowest BCUT2D eigenvalue weighted by Gasteiger charge is -2.16. The Hall–Kier alpha value is -0.640. The molecule has 0 radical (unpaired) electrons. The fourth-order valence-electron chi connectivity index (χ4n) is 1.86. The van der Waals surface area contributed by atoms with Crippen LogP contribution < -0.4 is 5.32 Å². The molecule has 0 unspecified atom stereocenters. The molecule has 0 aliphatic heterocycles. The largest absolute Gasteiger partial charge is 0.293 e. The van der Waals surface area contributed by atoms with Gasteiger partial charge in [0, 0.05) is 19.4 Å². The minimum absolute atomic E-state index is 0.242. The van der Waals surface area contributed by atoms with Gasteiger partial charge >= 0.3 is 0 Å². The molecule has 0 aromatic carbocycles. The second-order valence-electron chi connectivity index (χ2n) is 3.92. The normalized spacial score (nSPS) is 20.0. The van der Waals surface area contributed by atoms with Crippen LogP contribution in [0.4, 0.5) is 0 Å². The number of rotatable bonds is 5. The van der Waals surface area contributed by atoms with E-state index in [1.807, 2.05) is 0 Å². The van der Waals surface area contributed by atoms with Gasteiger partial charge < -0.3 is 0 Å². The molecule has 2 N–H and O–H groups in total. The van der Waals surface area contributed by atoms with Crippen LogP contribution in [0.3, 0.4) is 0 Å². The first kappa shape index (κ1) is 12.4. The maximum absolute atomic E-state index is 10.4. The summed E-state index contributed by atoms with van der Waals surface area (Å²) in [5.41, 5.74) is -0.473. The molecule has 1 aliphatic carbocycles. The van der Waals surface area contributed by atoms with Crippen molar-refractivity contribution in [1.29, 1.82) is 0 Å². The van der Waals surface area contributed by atoms with E-state index in [1.54, 1.807) is 0 Å². The van der Waals surface area contributed by atoms with E-state index in [0.29, 0.717) is 13.0 Å². The molecule has 1 fully saturated rings. The molecular formula is C9H16N2O3S. The first-order valence-electron chi connectivity index (χ1n) is 5.06. The molecule has 0 atom stereocenters. The van der Waals surface area contributed by atoms with E-state index >= 15 is 0 Å². The summed E-state index contributed by atoms with van der Waals surface area (Å²) in [5.74, 6) is -0.242. The lowest BCUT2D eigenvalue weighted by Crippen LogP contribution is -2.40. The number of nitrogens with zero attached hydrogens (tertiary/aromatic N) is 1. The van der Waals surface area contributed by atoms with Crippen molar-refractivity contribution in [3.05, 3.63) is 11.4 Å². The van der Waals surface area contributed by atoms with E-state index in [0.717, 1.165) is 25.7 Å². The molecule has 5 nitrogen and oxygen atoms in total. The summed E-state index contributed by atoms with van der Waals surface area (Å²) in [4.78, 5) is 3.58. The first-order chi connectivity index (χ1) is 6.97. The van der Waals surface area contributed by atoms with E-state index < -0.39 is 15.8 Å². The number of hydrogen-bond acceptors (Lipinski definition) is 3. The minimum atomic E-state index is -3.86. The molecule has 1 saturated carbocycles. The summed E-state index contributed by atoms with van der Waals surface area (Å²) in [6, 6.07) is 0. The van der Waals surface area contributed by atoms with Gasteiger partial charge in [0.2, 0.25) is 0 Å². The summed E-state index contributed by atoms with van der Waals surface area (Å²) in [6.45, 7) is 7.56. The highest BCUT2D eigenvalue weighted by atomic mass is 32.2. The van der Waals surface area contributed by atoms with Gasteiger partial charge in [-0.3, -0.25) is 9.40 Å². The Balaban J connectivity index is 2.28. The molecule has 0 aromatic heterocycles. The summed E-state index contributed by atoms with van der Waals surface area (Å²) >= 11 is 0. The fourth-order valence-corrected chi connectivity index (χ4v) is 2.37. The second-order valence-corrected chi connectivity index (χ2v) is 5.49. The third-order valence-electron chi connectivity index (χ3n) is 2.68. The zero-order valence-electron chi connectivity index (χ0n) is 8.57. The van der Waals surface area contributed by atoms with Crippen molar-refractivity contribution in [2.75, 3.05) is 12.3 Å². The molecule has 0 aromatic rings. The zero-order chi connectivity index (χ0) is 11.4. The molecule has 0 spiro atoms. The van der Waals surface area contributed by atoms with Gasteiger partial charge in [0.1, 0.15) is 0 Å². The molecule has 0 bridgehead atoms. The van der Waals surface area contributed by atoms with E-state index in [9.17, 15) is 8.42 Å². The Labute approximate surface area is 90.4 Å². The molecule has 1 aliphatic rings. The standard InChI is InChI=1S/C9H16N2O3S/c1-10-9(5-2-3-6-9)11-7-4-8-15(12,13)14/h11H,2-8H2,(H,12,13,14). The smallest absolute Gasteiger partial charge is 0.286 e.